The zero-order valence-corrected chi connectivity index (χ0v) is 79.3. The normalized spacial score (nSPS) is 15.5. The zero-order valence-electron chi connectivity index (χ0n) is 78.5. The van der Waals surface area contributed by atoms with Crippen molar-refractivity contribution < 1.29 is 77.4 Å². The highest BCUT2D eigenvalue weighted by atomic mass is 32.2. The Hall–Kier alpha value is -14.3. The fourth-order valence-electron chi connectivity index (χ4n) is 19.5. The number of rotatable bonds is 26. The van der Waals surface area contributed by atoms with Gasteiger partial charge < -0.3 is 58.5 Å². The SMILES string of the molecule is COc1ccc(F)cc1[C@@H](CC(=O)c1cccc(-c2ccc(N3CCC(N4CCN(C(=O)OC(C)(C)C)CC4)CC3)cc2)c1)c1cc2ccccc2[nH]1.COc1ccc(F)cc1[C@@H](CC(=O)c1cccc(-c2ccc(OS(=O)(=O)C(F)(F)F)cc2)c1)c1cc2ccccc2[nH]1.O=C(C[C@@H](c1cc2ccccc2[nH]1)c1cc(F)ccc1O)c1cccc(-c2ccc(N3CCC(N4CCNCC4)CC3)cc2)c1. The number of methoxy groups -OCH3 is 2. The van der Waals surface area contributed by atoms with Gasteiger partial charge in [-0.15, -0.1) is 0 Å². The van der Waals surface area contributed by atoms with Gasteiger partial charge in [-0.05, 0) is 242 Å². The minimum Gasteiger partial charge on any atom is -0.508 e. The van der Waals surface area contributed by atoms with Gasteiger partial charge in [0.1, 0.15) is 46.1 Å². The second-order valence-corrected chi connectivity index (χ2v) is 38.6. The molecule has 3 aromatic heterocycles. The van der Waals surface area contributed by atoms with Crippen molar-refractivity contribution in [3.8, 4) is 56.4 Å². The highest BCUT2D eigenvalue weighted by Gasteiger charge is 2.49. The number of phenols is 1. The number of aromatic hydroxyl groups is 1. The van der Waals surface area contributed by atoms with Crippen LogP contribution < -0.4 is 28.8 Å². The van der Waals surface area contributed by atoms with E-state index in [1.165, 1.54) is 92.0 Å². The van der Waals surface area contributed by atoms with Crippen LogP contribution in [0.4, 0.5) is 42.5 Å². The molecule has 15 aromatic rings. The van der Waals surface area contributed by atoms with E-state index in [0.29, 0.717) is 86.9 Å². The molecule has 4 saturated heterocycles. The van der Waals surface area contributed by atoms with Crippen LogP contribution in [0.1, 0.15) is 148 Å². The number of nitrogens with one attached hydrogen (secondary N) is 4. The lowest BCUT2D eigenvalue weighted by atomic mass is 9.87. The van der Waals surface area contributed by atoms with Crippen molar-refractivity contribution in [1.29, 1.82) is 0 Å². The summed E-state index contributed by atoms with van der Waals surface area (Å²) in [5, 5.41) is 17.1. The number of hydrogen-bond donors (Lipinski definition) is 5. The molecule has 27 heteroatoms. The van der Waals surface area contributed by atoms with E-state index in [9.17, 15) is 59.0 Å². The molecule has 140 heavy (non-hydrogen) atoms. The molecule has 5 N–H and O–H groups in total. The third kappa shape index (κ3) is 23.3. The van der Waals surface area contributed by atoms with Crippen LogP contribution in [0.15, 0.2) is 291 Å². The largest absolute Gasteiger partial charge is 0.534 e. The number of piperazine rings is 2. The van der Waals surface area contributed by atoms with Crippen LogP contribution in [0.3, 0.4) is 0 Å². The summed E-state index contributed by atoms with van der Waals surface area (Å²) in [4.78, 5) is 76.1. The Morgan fingerprint density at radius 3 is 1.13 bits per heavy atom. The number of para-hydroxylation sites is 3. The van der Waals surface area contributed by atoms with E-state index in [1.807, 2.05) is 165 Å². The minimum absolute atomic E-state index is 0.0296. The Morgan fingerprint density at radius 1 is 0.400 bits per heavy atom. The number of carbonyl (C=O) groups excluding carboxylic acids is 4. The Morgan fingerprint density at radius 2 is 0.757 bits per heavy atom. The molecular formula is C113H111F6N9O11S. The molecule has 0 unspecified atom stereocenters. The van der Waals surface area contributed by atoms with Crippen molar-refractivity contribution in [2.24, 2.45) is 0 Å². The number of aromatic amines is 3. The topological polar surface area (TPSA) is 235 Å². The Labute approximate surface area is 810 Å². The Bertz CT molecular complexity index is 6940. The fourth-order valence-corrected chi connectivity index (χ4v) is 20.0. The number of nitrogens with zero attached hydrogens (tertiary/aromatic N) is 5. The van der Waals surface area contributed by atoms with Crippen LogP contribution in [0.25, 0.3) is 66.1 Å². The van der Waals surface area contributed by atoms with E-state index in [2.05, 4.69) is 92.6 Å². The van der Waals surface area contributed by atoms with Crippen molar-refractivity contribution in [3.05, 3.63) is 359 Å². The van der Waals surface area contributed by atoms with E-state index < -0.39 is 56.4 Å². The van der Waals surface area contributed by atoms with Gasteiger partial charge in [0.15, 0.2) is 17.3 Å². The minimum atomic E-state index is -5.80. The molecule has 7 heterocycles. The number of phenolic OH excluding ortho intramolecular Hbond substituents is 1. The number of halogens is 6. The quantitative estimate of drug-likeness (QED) is 0.0147. The first-order valence-electron chi connectivity index (χ1n) is 47.3. The van der Waals surface area contributed by atoms with Crippen molar-refractivity contribution in [3.63, 3.8) is 0 Å². The summed E-state index contributed by atoms with van der Waals surface area (Å²) in [5.41, 5.74) is 9.62. The van der Waals surface area contributed by atoms with Gasteiger partial charge in [-0.1, -0.05) is 146 Å². The average Bonchev–Trinajstić information content (AvgIpc) is 1.57. The molecule has 4 aliphatic heterocycles. The van der Waals surface area contributed by atoms with Crippen LogP contribution in [0.5, 0.6) is 23.0 Å². The molecule has 4 fully saturated rings. The third-order valence-corrected chi connectivity index (χ3v) is 27.9. The predicted molar refractivity (Wildman–Crippen MR) is 537 cm³/mol. The van der Waals surface area contributed by atoms with Gasteiger partial charge in [-0.25, -0.2) is 18.0 Å². The first-order valence-corrected chi connectivity index (χ1v) is 48.7. The molecule has 12 aromatic carbocycles. The maximum atomic E-state index is 14.6. The highest BCUT2D eigenvalue weighted by Crippen LogP contribution is 2.43. The summed E-state index contributed by atoms with van der Waals surface area (Å²) in [6, 6.07) is 87.3. The van der Waals surface area contributed by atoms with Crippen molar-refractivity contribution >= 4 is 77.6 Å². The number of benzene rings is 12. The number of Topliss-reactive ketones (excluding diaryl/α,β-unsaturated/α-hetero) is 3. The van der Waals surface area contributed by atoms with Gasteiger partial charge in [-0.3, -0.25) is 24.2 Å². The number of alkyl halides is 3. The molecule has 722 valence electrons. The zero-order chi connectivity index (χ0) is 97.9. The van der Waals surface area contributed by atoms with Crippen molar-refractivity contribution in [2.45, 2.75) is 107 Å². The lowest BCUT2D eigenvalue weighted by Gasteiger charge is -2.43. The third-order valence-electron chi connectivity index (χ3n) is 26.9. The van der Waals surface area contributed by atoms with Crippen molar-refractivity contribution in [2.75, 3.05) is 103 Å². The highest BCUT2D eigenvalue weighted by molar-refractivity contribution is 7.88. The van der Waals surface area contributed by atoms with Crippen molar-refractivity contribution in [1.82, 2.24) is 35.0 Å². The van der Waals surface area contributed by atoms with Gasteiger partial charge in [0.25, 0.3) is 0 Å². The van der Waals surface area contributed by atoms with Crippen LogP contribution in [0, 0.1) is 17.5 Å². The molecule has 0 bridgehead atoms. The molecule has 1 amide bonds. The summed E-state index contributed by atoms with van der Waals surface area (Å²) in [6.07, 6.45) is 4.53. The van der Waals surface area contributed by atoms with Gasteiger partial charge in [-0.2, -0.15) is 21.6 Å². The summed E-state index contributed by atoms with van der Waals surface area (Å²) >= 11 is 0. The van der Waals surface area contributed by atoms with Crippen LogP contribution in [-0.4, -0.2) is 183 Å². The van der Waals surface area contributed by atoms with Gasteiger partial charge in [0, 0.05) is 206 Å². The number of ether oxygens (including phenoxy) is 3. The molecule has 0 radical (unpaired) electrons. The van der Waals surface area contributed by atoms with E-state index in [1.54, 1.807) is 37.4 Å². The maximum Gasteiger partial charge on any atom is 0.534 e. The number of H-pyrrole nitrogens is 3. The monoisotopic (exact) mass is 1920 g/mol. The molecular weight excluding hydrogens is 1810 g/mol. The number of ketones is 3. The molecule has 3 atom stereocenters. The number of hydrogen-bond acceptors (Lipinski definition) is 16. The summed E-state index contributed by atoms with van der Waals surface area (Å²) in [6.45, 7) is 17.5. The number of fused-ring (bicyclic) bond motifs is 3. The summed E-state index contributed by atoms with van der Waals surface area (Å²) in [7, 11) is -2.76. The molecule has 4 aliphatic rings. The molecule has 20 nitrogen and oxygen atoms in total. The Balaban J connectivity index is 0.000000146. The van der Waals surface area contributed by atoms with E-state index in [4.69, 9.17) is 14.2 Å². The number of piperidine rings is 2. The lowest BCUT2D eigenvalue weighted by molar-refractivity contribution is -0.0500. The summed E-state index contributed by atoms with van der Waals surface area (Å²) in [5.74, 6) is -2.79. The fraction of sp³-hybridized carbons (Fsp3) is 0.274. The average molecular weight is 1920 g/mol. The van der Waals surface area contributed by atoms with Crippen LogP contribution >= 0.6 is 0 Å². The van der Waals surface area contributed by atoms with E-state index in [-0.39, 0.29) is 54.3 Å². The van der Waals surface area contributed by atoms with Gasteiger partial charge in [0.2, 0.25) is 0 Å². The molecule has 0 saturated carbocycles. The number of anilines is 2. The lowest BCUT2D eigenvalue weighted by Crippen LogP contribution is -2.55. The van der Waals surface area contributed by atoms with Gasteiger partial charge >= 0.3 is 21.7 Å². The number of carbonyl (C=O) groups is 4. The van der Waals surface area contributed by atoms with E-state index in [0.717, 1.165) is 157 Å². The van der Waals surface area contributed by atoms with Gasteiger partial charge in [0.05, 0.1) is 14.2 Å². The molecule has 0 spiro atoms. The first-order chi connectivity index (χ1) is 67.5. The number of aromatic nitrogens is 3. The molecule has 0 aliphatic carbocycles. The second kappa shape index (κ2) is 43.0. The smallest absolute Gasteiger partial charge is 0.508 e. The first kappa shape index (κ1) is 97.4. The second-order valence-electron chi connectivity index (χ2n) is 37.0. The predicted octanol–water partition coefficient (Wildman–Crippen LogP) is 23.5. The Kier molecular flexibility index (Phi) is 29.9. The summed E-state index contributed by atoms with van der Waals surface area (Å²) < 4.78 is 125. The van der Waals surface area contributed by atoms with Crippen LogP contribution in [-0.2, 0) is 14.9 Å². The van der Waals surface area contributed by atoms with Crippen LogP contribution in [0.2, 0.25) is 0 Å². The maximum absolute atomic E-state index is 14.6. The van der Waals surface area contributed by atoms with E-state index >= 15 is 0 Å². The standard InChI is InChI=1S/C44H49FN4O4.C38H39FN4O2.C31H23F4NO5S/c1-44(2,3)53-43(51)49-24-22-48(23-25-49)36-18-20-47(21-19-36)35-15-12-30(13-16-35)31-9-7-10-33(26-31)41(50)29-37(38-28-34(45)14-17-42(38)52-4)40-27-32-8-5-6-11-39(32)46-40;39-30-10-13-37(44)34(24-30)33(36-23-28-4-1-2-7-35(28)41-36)25-38(45)29-6-3-5-27(22-29)26-8-11-31(12-9-26)42-18-14-32(15-19-42)43-20-16-40-17-21-43;1-40-30-14-11-23(32)17-26(30)25(28-16-21-5-2-3-8-27(21)36-28)18-29(37)22-7-4-6-20(15-22)19-9-12-24(13-10-19)41-42(38,39)31(33,34)35/h5-17,26-28,36-37,46H,18-25,29H2,1-4H3;1-13,22-24,32-33,40-41,44H,14-21,25H2;2-17,25,36H,18H2,1H3/t37-;33-;25-/m111/s1. The number of amides is 1. The molecule has 19 rings (SSSR count).